The fraction of sp³-hybridized carbons (Fsp3) is 0.583. The molecule has 2 rings (SSSR count). The van der Waals surface area contributed by atoms with Crippen molar-refractivity contribution < 1.29 is 8.42 Å². The number of hydrogen-bond donors (Lipinski definition) is 2. The number of pyridine rings is 1. The third-order valence-corrected chi connectivity index (χ3v) is 6.05. The number of halogens is 1. The average Bonchev–Trinajstić information content (AvgIpc) is 2.84. The number of aromatic nitrogens is 1. The summed E-state index contributed by atoms with van der Waals surface area (Å²) in [5.74, 6) is 5.51. The monoisotopic (exact) mass is 377 g/mol. The predicted octanol–water partition coefficient (Wildman–Crippen LogP) is 0.844. The van der Waals surface area contributed by atoms with Gasteiger partial charge in [0.05, 0.1) is 0 Å². The molecule has 0 saturated carbocycles. The van der Waals surface area contributed by atoms with Crippen LogP contribution in [0.4, 0.5) is 5.82 Å². The molecular formula is C12H20BrN5O2S. The minimum Gasteiger partial charge on any atom is -0.307 e. The summed E-state index contributed by atoms with van der Waals surface area (Å²) in [6.45, 7) is 1.46. The third-order valence-electron chi connectivity index (χ3n) is 3.78. The molecular weight excluding hydrogens is 358 g/mol. The second-order valence-corrected chi connectivity index (χ2v) is 8.14. The fourth-order valence-electron chi connectivity index (χ4n) is 2.50. The number of likely N-dealkylation sites (N-methyl/N-ethyl adjacent to an activating group) is 2. The molecule has 7 nitrogen and oxygen atoms in total. The van der Waals surface area contributed by atoms with Gasteiger partial charge in [0.2, 0.25) is 10.0 Å². The second-order valence-electron chi connectivity index (χ2n) is 5.21. The van der Waals surface area contributed by atoms with Gasteiger partial charge in [0, 0.05) is 30.3 Å². The first-order valence-electron chi connectivity index (χ1n) is 6.65. The molecule has 1 atom stereocenters. The molecule has 1 aromatic rings. The lowest BCUT2D eigenvalue weighted by atomic mass is 10.2. The van der Waals surface area contributed by atoms with Gasteiger partial charge in [0.1, 0.15) is 4.90 Å². The average molecular weight is 378 g/mol. The number of nitrogen functional groups attached to an aromatic ring is 1. The first-order chi connectivity index (χ1) is 9.86. The molecule has 2 heterocycles. The van der Waals surface area contributed by atoms with Crippen LogP contribution in [-0.2, 0) is 10.0 Å². The molecule has 1 aliphatic heterocycles. The molecule has 0 bridgehead atoms. The van der Waals surface area contributed by atoms with Gasteiger partial charge in [0.15, 0.2) is 5.82 Å². The summed E-state index contributed by atoms with van der Waals surface area (Å²) >= 11 is 3.24. The Morgan fingerprint density at radius 3 is 2.90 bits per heavy atom. The highest BCUT2D eigenvalue weighted by molar-refractivity contribution is 9.10. The smallest absolute Gasteiger partial charge is 0.246 e. The maximum Gasteiger partial charge on any atom is 0.246 e. The van der Waals surface area contributed by atoms with E-state index in [2.05, 4.69) is 31.2 Å². The third kappa shape index (κ3) is 3.54. The van der Waals surface area contributed by atoms with Gasteiger partial charge in [-0.3, -0.25) is 0 Å². The Labute approximate surface area is 133 Å². The van der Waals surface area contributed by atoms with Gasteiger partial charge in [-0.05, 0) is 48.4 Å². The first kappa shape index (κ1) is 16.6. The van der Waals surface area contributed by atoms with Crippen molar-refractivity contribution in [1.82, 2.24) is 14.2 Å². The molecule has 0 aromatic carbocycles. The van der Waals surface area contributed by atoms with Crippen LogP contribution >= 0.6 is 15.9 Å². The number of sulfonamides is 1. The number of rotatable bonds is 5. The second kappa shape index (κ2) is 6.57. The molecule has 0 radical (unpaired) electrons. The summed E-state index contributed by atoms with van der Waals surface area (Å²) in [6, 6.07) is 1.76. The zero-order chi connectivity index (χ0) is 15.6. The van der Waals surface area contributed by atoms with Gasteiger partial charge >= 0.3 is 0 Å². The molecule has 0 amide bonds. The van der Waals surface area contributed by atoms with Gasteiger partial charge in [-0.1, -0.05) is 0 Å². The van der Waals surface area contributed by atoms with Gasteiger partial charge in [-0.25, -0.2) is 19.2 Å². The van der Waals surface area contributed by atoms with Crippen LogP contribution in [0.3, 0.4) is 0 Å². The van der Waals surface area contributed by atoms with Crippen molar-refractivity contribution in [3.05, 3.63) is 16.7 Å². The molecule has 0 aliphatic carbocycles. The van der Waals surface area contributed by atoms with E-state index in [1.807, 2.05) is 7.05 Å². The van der Waals surface area contributed by atoms with E-state index < -0.39 is 10.0 Å². The topological polar surface area (TPSA) is 91.6 Å². The lowest BCUT2D eigenvalue weighted by molar-refractivity contribution is 0.271. The highest BCUT2D eigenvalue weighted by Gasteiger charge is 2.30. The van der Waals surface area contributed by atoms with Crippen molar-refractivity contribution in [2.24, 2.45) is 5.84 Å². The van der Waals surface area contributed by atoms with E-state index in [1.165, 1.54) is 16.6 Å². The lowest BCUT2D eigenvalue weighted by Crippen LogP contribution is -2.39. The summed E-state index contributed by atoms with van der Waals surface area (Å²) in [5, 5.41) is 0. The molecule has 1 fully saturated rings. The normalized spacial score (nSPS) is 20.1. The lowest BCUT2D eigenvalue weighted by Gasteiger charge is -2.25. The van der Waals surface area contributed by atoms with Crippen molar-refractivity contribution in [2.75, 3.05) is 32.6 Å². The maximum atomic E-state index is 12.7. The van der Waals surface area contributed by atoms with E-state index in [0.29, 0.717) is 11.0 Å². The van der Waals surface area contributed by atoms with Gasteiger partial charge in [-0.15, -0.1) is 0 Å². The maximum absolute atomic E-state index is 12.7. The quantitative estimate of drug-likeness (QED) is 0.583. The summed E-state index contributed by atoms with van der Waals surface area (Å²) < 4.78 is 27.4. The number of nitrogens with zero attached hydrogens (tertiary/aromatic N) is 3. The summed E-state index contributed by atoms with van der Waals surface area (Å²) in [5.41, 5.74) is 2.34. The molecule has 3 N–H and O–H groups in total. The highest BCUT2D eigenvalue weighted by Crippen LogP contribution is 2.26. The molecule has 118 valence electrons. The molecule has 1 aliphatic rings. The van der Waals surface area contributed by atoms with E-state index in [1.54, 1.807) is 7.05 Å². The van der Waals surface area contributed by atoms with Crippen LogP contribution in [0, 0.1) is 0 Å². The van der Waals surface area contributed by atoms with Crippen LogP contribution in [0.5, 0.6) is 0 Å². The number of likely N-dealkylation sites (tertiary alicyclic amines) is 1. The molecule has 1 saturated heterocycles. The fourth-order valence-corrected chi connectivity index (χ4v) is 4.32. The standard InChI is InChI=1S/C12H20BrN5O2S/c1-17-5-3-4-10(17)8-18(2)21(19,20)11-6-9(13)7-15-12(11)16-14/h6-7,10H,3-5,8,14H2,1-2H3,(H,15,16). The molecule has 0 spiro atoms. The van der Waals surface area contributed by atoms with E-state index in [4.69, 9.17) is 5.84 Å². The number of anilines is 1. The highest BCUT2D eigenvalue weighted by atomic mass is 79.9. The zero-order valence-electron chi connectivity index (χ0n) is 12.1. The Kier molecular flexibility index (Phi) is 5.20. The summed E-state index contributed by atoms with van der Waals surface area (Å²) in [7, 11) is -0.0380. The van der Waals surface area contributed by atoms with E-state index in [-0.39, 0.29) is 16.8 Å². The summed E-state index contributed by atoms with van der Waals surface area (Å²) in [4.78, 5) is 6.25. The van der Waals surface area contributed by atoms with Crippen molar-refractivity contribution in [3.63, 3.8) is 0 Å². The largest absolute Gasteiger partial charge is 0.307 e. The Morgan fingerprint density at radius 1 is 1.62 bits per heavy atom. The van der Waals surface area contributed by atoms with Crippen LogP contribution < -0.4 is 11.3 Å². The van der Waals surface area contributed by atoms with Crippen LogP contribution in [-0.4, -0.2) is 55.8 Å². The van der Waals surface area contributed by atoms with Crippen molar-refractivity contribution in [3.8, 4) is 0 Å². The minimum atomic E-state index is -3.64. The molecule has 9 heteroatoms. The number of nitrogens with two attached hydrogens (primary N) is 1. The van der Waals surface area contributed by atoms with Crippen LogP contribution in [0.25, 0.3) is 0 Å². The van der Waals surface area contributed by atoms with Gasteiger partial charge < -0.3 is 10.3 Å². The van der Waals surface area contributed by atoms with Crippen molar-refractivity contribution in [1.29, 1.82) is 0 Å². The van der Waals surface area contributed by atoms with Crippen LogP contribution in [0.15, 0.2) is 21.6 Å². The zero-order valence-corrected chi connectivity index (χ0v) is 14.5. The van der Waals surface area contributed by atoms with Crippen LogP contribution in [0.2, 0.25) is 0 Å². The van der Waals surface area contributed by atoms with Crippen molar-refractivity contribution >= 4 is 31.8 Å². The number of hydrazine groups is 1. The molecule has 21 heavy (non-hydrogen) atoms. The Hall–Kier alpha value is -0.740. The molecule has 1 aromatic heterocycles. The Bertz CT molecular complexity index is 610. The first-order valence-corrected chi connectivity index (χ1v) is 8.88. The Morgan fingerprint density at radius 2 is 2.33 bits per heavy atom. The van der Waals surface area contributed by atoms with Gasteiger partial charge in [0.25, 0.3) is 0 Å². The minimum absolute atomic E-state index is 0.0718. The van der Waals surface area contributed by atoms with Crippen LogP contribution in [0.1, 0.15) is 12.8 Å². The van der Waals surface area contributed by atoms with Gasteiger partial charge in [-0.2, -0.15) is 4.31 Å². The predicted molar refractivity (Wildman–Crippen MR) is 85.2 cm³/mol. The van der Waals surface area contributed by atoms with Crippen molar-refractivity contribution in [2.45, 2.75) is 23.8 Å². The van der Waals surface area contributed by atoms with E-state index in [9.17, 15) is 8.42 Å². The molecule has 1 unspecified atom stereocenters. The SMILES string of the molecule is CN1CCCC1CN(C)S(=O)(=O)c1cc(Br)cnc1NN. The van der Waals surface area contributed by atoms with E-state index >= 15 is 0 Å². The van der Waals surface area contributed by atoms with E-state index in [0.717, 1.165) is 19.4 Å². The summed E-state index contributed by atoms with van der Waals surface area (Å²) in [6.07, 6.45) is 3.61. The number of hydrogen-bond acceptors (Lipinski definition) is 6. The Balaban J connectivity index is 2.26. The number of nitrogens with one attached hydrogen (secondary N) is 1.